The molecule has 83 valence electrons. The van der Waals surface area contributed by atoms with Gasteiger partial charge in [0.15, 0.2) is 0 Å². The second kappa shape index (κ2) is 4.53. The Kier molecular flexibility index (Phi) is 3.78. The Morgan fingerprint density at radius 2 is 1.93 bits per heavy atom. The Labute approximate surface area is 94.0 Å². The average Bonchev–Trinajstić information content (AvgIpc) is 2.14. The highest BCUT2D eigenvalue weighted by atomic mass is 79.9. The molecule has 0 aliphatic heterocycles. The number of rotatable bonds is 2. The molecule has 1 N–H and O–H groups in total. The van der Waals surface area contributed by atoms with Gasteiger partial charge < -0.3 is 5.11 Å². The van der Waals surface area contributed by atoms with Crippen molar-refractivity contribution in [2.75, 3.05) is 6.61 Å². The molecule has 0 aliphatic rings. The van der Waals surface area contributed by atoms with Crippen LogP contribution in [0.25, 0.3) is 0 Å². The summed E-state index contributed by atoms with van der Waals surface area (Å²) < 4.78 is 37.6. The van der Waals surface area contributed by atoms with E-state index in [9.17, 15) is 13.2 Å². The van der Waals surface area contributed by atoms with E-state index in [1.165, 1.54) is 0 Å². The van der Waals surface area contributed by atoms with Crippen LogP contribution in [0.4, 0.5) is 13.2 Å². The fourth-order valence-corrected chi connectivity index (χ4v) is 1.58. The van der Waals surface area contributed by atoms with E-state index < -0.39 is 11.7 Å². The van der Waals surface area contributed by atoms with Crippen molar-refractivity contribution in [1.82, 2.24) is 0 Å². The van der Waals surface area contributed by atoms with Gasteiger partial charge in [-0.1, -0.05) is 22.9 Å². The van der Waals surface area contributed by atoms with Gasteiger partial charge in [-0.05, 0) is 23.8 Å². The van der Waals surface area contributed by atoms with Crippen molar-refractivity contribution < 1.29 is 18.3 Å². The second-order valence-corrected chi connectivity index (χ2v) is 4.08. The van der Waals surface area contributed by atoms with Crippen molar-refractivity contribution in [2.24, 2.45) is 0 Å². The van der Waals surface area contributed by atoms with Crippen LogP contribution in [0.2, 0.25) is 0 Å². The fourth-order valence-electron chi connectivity index (χ4n) is 1.09. The highest BCUT2D eigenvalue weighted by Crippen LogP contribution is 2.33. The molecule has 0 saturated carbocycles. The molecule has 1 aromatic rings. The summed E-state index contributed by atoms with van der Waals surface area (Å²) in [7, 11) is 0. The third-order valence-corrected chi connectivity index (χ3v) is 2.41. The summed E-state index contributed by atoms with van der Waals surface area (Å²) in [5.74, 6) is 0.502. The molecule has 0 aromatic heterocycles. The van der Waals surface area contributed by atoms with Gasteiger partial charge in [-0.15, -0.1) is 0 Å². The predicted molar refractivity (Wildman–Crippen MR) is 54.2 cm³/mol. The molecular weight excluding hydrogens is 273 g/mol. The smallest absolute Gasteiger partial charge is 0.395 e. The Morgan fingerprint density at radius 3 is 2.40 bits per heavy atom. The molecule has 0 saturated heterocycles. The van der Waals surface area contributed by atoms with Gasteiger partial charge in [0.25, 0.3) is 0 Å². The van der Waals surface area contributed by atoms with Crippen molar-refractivity contribution in [3.05, 3.63) is 39.7 Å². The molecule has 5 heteroatoms. The van der Waals surface area contributed by atoms with E-state index in [2.05, 4.69) is 15.9 Å². The van der Waals surface area contributed by atoms with Crippen molar-refractivity contribution in [1.29, 1.82) is 0 Å². The predicted octanol–water partition coefficient (Wildman–Crippen LogP) is 3.40. The van der Waals surface area contributed by atoms with Crippen molar-refractivity contribution >= 4 is 15.9 Å². The zero-order valence-electron chi connectivity index (χ0n) is 7.90. The van der Waals surface area contributed by atoms with Crippen LogP contribution < -0.4 is 0 Å². The molecule has 1 nitrogen and oxygen atoms in total. The van der Waals surface area contributed by atoms with Gasteiger partial charge in [0.1, 0.15) is 0 Å². The number of aliphatic hydroxyl groups excluding tert-OH is 1. The topological polar surface area (TPSA) is 20.2 Å². The molecule has 1 radical (unpaired) electrons. The van der Waals surface area contributed by atoms with Gasteiger partial charge >= 0.3 is 6.18 Å². The molecule has 0 heterocycles. The van der Waals surface area contributed by atoms with Crippen molar-refractivity contribution in [3.63, 3.8) is 0 Å². The fraction of sp³-hybridized carbons (Fsp3) is 0.300. The maximum Gasteiger partial charge on any atom is 0.416 e. The third-order valence-electron chi connectivity index (χ3n) is 1.96. The number of hydrogen-bond acceptors (Lipinski definition) is 1. The molecule has 1 rings (SSSR count). The quantitative estimate of drug-likeness (QED) is 0.881. The number of aliphatic hydroxyl groups is 1. The summed E-state index contributed by atoms with van der Waals surface area (Å²) in [6, 6.07) is 3.57. The van der Waals surface area contributed by atoms with E-state index >= 15 is 0 Å². The zero-order valence-corrected chi connectivity index (χ0v) is 9.48. The minimum Gasteiger partial charge on any atom is -0.395 e. The van der Waals surface area contributed by atoms with Gasteiger partial charge in [0, 0.05) is 10.4 Å². The summed E-state index contributed by atoms with van der Waals surface area (Å²) >= 11 is 3.01. The summed E-state index contributed by atoms with van der Waals surface area (Å²) in [5.41, 5.74) is -0.334. The number of halogens is 4. The maximum atomic E-state index is 12.4. The minimum absolute atomic E-state index is 0.256. The first-order valence-electron chi connectivity index (χ1n) is 4.16. The monoisotopic (exact) mass is 281 g/mol. The van der Waals surface area contributed by atoms with E-state index in [1.807, 2.05) is 0 Å². The standard InChI is InChI=1S/C10H9BrF3O/c1-6(5-15)7-2-8(10(12,13)14)4-9(11)3-7/h2-4,15H,5H2,1H3. The van der Waals surface area contributed by atoms with E-state index in [0.29, 0.717) is 16.0 Å². The lowest BCUT2D eigenvalue weighted by molar-refractivity contribution is -0.137. The SMILES string of the molecule is C[C](CO)c1cc(Br)cc(C(F)(F)F)c1. The third kappa shape index (κ3) is 3.21. The van der Waals surface area contributed by atoms with Gasteiger partial charge in [-0.25, -0.2) is 0 Å². The van der Waals surface area contributed by atoms with Crippen LogP contribution in [0.15, 0.2) is 22.7 Å². The lowest BCUT2D eigenvalue weighted by Gasteiger charge is -2.12. The van der Waals surface area contributed by atoms with Gasteiger partial charge in [-0.3, -0.25) is 0 Å². The van der Waals surface area contributed by atoms with E-state index in [1.54, 1.807) is 13.0 Å². The largest absolute Gasteiger partial charge is 0.416 e. The second-order valence-electron chi connectivity index (χ2n) is 3.16. The van der Waals surface area contributed by atoms with Crippen LogP contribution in [-0.2, 0) is 6.18 Å². The maximum absolute atomic E-state index is 12.4. The normalized spacial score (nSPS) is 12.2. The molecule has 15 heavy (non-hydrogen) atoms. The van der Waals surface area contributed by atoms with Crippen LogP contribution >= 0.6 is 15.9 Å². The van der Waals surface area contributed by atoms with Crippen molar-refractivity contribution in [3.8, 4) is 0 Å². The first kappa shape index (κ1) is 12.5. The molecule has 0 bridgehead atoms. The average molecular weight is 282 g/mol. The Morgan fingerprint density at radius 1 is 1.33 bits per heavy atom. The van der Waals surface area contributed by atoms with E-state index in [4.69, 9.17) is 5.11 Å². The Bertz CT molecular complexity index is 349. The van der Waals surface area contributed by atoms with Crippen LogP contribution in [0.1, 0.15) is 18.1 Å². The highest BCUT2D eigenvalue weighted by molar-refractivity contribution is 9.10. The van der Waals surface area contributed by atoms with Gasteiger partial charge in [0.05, 0.1) is 12.2 Å². The molecule has 0 fully saturated rings. The van der Waals surface area contributed by atoms with E-state index in [-0.39, 0.29) is 6.61 Å². The lowest BCUT2D eigenvalue weighted by atomic mass is 10.00. The van der Waals surface area contributed by atoms with Crippen LogP contribution in [0.5, 0.6) is 0 Å². The number of benzene rings is 1. The molecule has 0 unspecified atom stereocenters. The highest BCUT2D eigenvalue weighted by Gasteiger charge is 2.31. The summed E-state index contributed by atoms with van der Waals surface area (Å²) in [4.78, 5) is 0. The van der Waals surface area contributed by atoms with Gasteiger partial charge in [0.2, 0.25) is 0 Å². The summed E-state index contributed by atoms with van der Waals surface area (Å²) in [6.45, 7) is 1.33. The molecule has 0 spiro atoms. The Hall–Kier alpha value is -0.550. The van der Waals surface area contributed by atoms with Crippen molar-refractivity contribution in [2.45, 2.75) is 13.1 Å². The molecular formula is C10H9BrF3O. The lowest BCUT2D eigenvalue weighted by Crippen LogP contribution is -2.08. The first-order chi connectivity index (χ1) is 6.84. The van der Waals surface area contributed by atoms with Crippen LogP contribution in [-0.4, -0.2) is 11.7 Å². The zero-order chi connectivity index (χ0) is 11.6. The number of hydrogen-bond donors (Lipinski definition) is 1. The summed E-state index contributed by atoms with van der Waals surface area (Å²) in [5, 5.41) is 8.84. The van der Waals surface area contributed by atoms with E-state index in [0.717, 1.165) is 12.1 Å². The molecule has 0 aliphatic carbocycles. The summed E-state index contributed by atoms with van der Waals surface area (Å²) in [6.07, 6.45) is -4.37. The van der Waals surface area contributed by atoms with Crippen LogP contribution in [0, 0.1) is 5.92 Å². The van der Waals surface area contributed by atoms with Gasteiger partial charge in [-0.2, -0.15) is 13.2 Å². The first-order valence-corrected chi connectivity index (χ1v) is 4.95. The number of alkyl halides is 3. The minimum atomic E-state index is -4.37. The molecule has 0 amide bonds. The molecule has 0 atom stereocenters. The Balaban J connectivity index is 3.17. The molecule has 1 aromatic carbocycles. The van der Waals surface area contributed by atoms with Crippen LogP contribution in [0.3, 0.4) is 0 Å².